The van der Waals surface area contributed by atoms with Gasteiger partial charge in [-0.05, 0) is 38.0 Å². The highest BCUT2D eigenvalue weighted by atomic mass is 16.8. The summed E-state index contributed by atoms with van der Waals surface area (Å²) in [5.74, 6) is -0.889. The Morgan fingerprint density at radius 2 is 1.95 bits per heavy atom. The lowest BCUT2D eigenvalue weighted by Crippen LogP contribution is -2.37. The summed E-state index contributed by atoms with van der Waals surface area (Å²) in [6, 6.07) is 0. The Kier molecular flexibility index (Phi) is 5.55. The van der Waals surface area contributed by atoms with Crippen molar-refractivity contribution in [2.24, 2.45) is 11.8 Å². The van der Waals surface area contributed by atoms with Gasteiger partial charge in [0.05, 0.1) is 5.92 Å². The predicted octanol–water partition coefficient (Wildman–Crippen LogP) is 0.848. The average Bonchev–Trinajstić information content (AvgIpc) is 2.77. The van der Waals surface area contributed by atoms with Crippen LogP contribution >= 0.6 is 0 Å². The van der Waals surface area contributed by atoms with Crippen LogP contribution in [-0.2, 0) is 14.4 Å². The topological polar surface area (TPSA) is 107 Å². The van der Waals surface area contributed by atoms with E-state index in [9.17, 15) is 19.8 Å². The number of aliphatic carboxylic acids is 1. The van der Waals surface area contributed by atoms with Crippen molar-refractivity contribution in [3.8, 4) is 0 Å². The Bertz CT molecular complexity index is 380. The molecule has 21 heavy (non-hydrogen) atoms. The van der Waals surface area contributed by atoms with Gasteiger partial charge in [0, 0.05) is 19.3 Å². The molecule has 0 aromatic heterocycles. The molecule has 2 rings (SSSR count). The van der Waals surface area contributed by atoms with E-state index >= 15 is 0 Å². The average molecular weight is 301 g/mol. The molecule has 2 atom stereocenters. The SMILES string of the molecule is O=C(O)C1CCC(CCC(O)ON2C(=O)CCC2O)CC1. The molecule has 1 heterocycles. The standard InChI is InChI=1S/C14H23NO6/c16-11-6-7-12(17)15(11)21-13(18)8-3-9-1-4-10(5-2-9)14(19)20/h9-11,13,16,18H,1-8H2,(H,19,20). The van der Waals surface area contributed by atoms with Crippen LogP contribution < -0.4 is 0 Å². The Balaban J connectivity index is 1.66. The van der Waals surface area contributed by atoms with Crippen LogP contribution in [0, 0.1) is 11.8 Å². The molecule has 0 spiro atoms. The monoisotopic (exact) mass is 301 g/mol. The van der Waals surface area contributed by atoms with Crippen LogP contribution in [0.25, 0.3) is 0 Å². The summed E-state index contributed by atoms with van der Waals surface area (Å²) in [5, 5.41) is 29.1. The number of amides is 1. The summed E-state index contributed by atoms with van der Waals surface area (Å²) in [6.07, 6.45) is 2.62. The van der Waals surface area contributed by atoms with Crippen LogP contribution in [0.2, 0.25) is 0 Å². The summed E-state index contributed by atoms with van der Waals surface area (Å²) in [5.41, 5.74) is 0. The molecule has 1 aliphatic carbocycles. The second-order valence-electron chi connectivity index (χ2n) is 5.93. The van der Waals surface area contributed by atoms with Gasteiger partial charge < -0.3 is 15.3 Å². The summed E-state index contributed by atoms with van der Waals surface area (Å²) >= 11 is 0. The molecule has 0 radical (unpaired) electrons. The van der Waals surface area contributed by atoms with E-state index in [0.717, 1.165) is 24.3 Å². The van der Waals surface area contributed by atoms with Crippen LogP contribution in [0.3, 0.4) is 0 Å². The van der Waals surface area contributed by atoms with Crippen molar-refractivity contribution < 1.29 is 29.7 Å². The van der Waals surface area contributed by atoms with Crippen LogP contribution in [0.4, 0.5) is 0 Å². The molecule has 0 aromatic rings. The number of rotatable bonds is 6. The van der Waals surface area contributed by atoms with Crippen LogP contribution in [-0.4, -0.2) is 44.8 Å². The molecule has 120 valence electrons. The number of carboxylic acid groups (broad SMARTS) is 1. The van der Waals surface area contributed by atoms with Gasteiger partial charge in [0.15, 0.2) is 12.5 Å². The molecule has 2 aliphatic rings. The number of carbonyl (C=O) groups is 2. The van der Waals surface area contributed by atoms with E-state index in [2.05, 4.69) is 0 Å². The van der Waals surface area contributed by atoms with E-state index in [1.807, 2.05) is 0 Å². The third-order valence-corrected chi connectivity index (χ3v) is 4.39. The molecule has 1 amide bonds. The van der Waals surface area contributed by atoms with Gasteiger partial charge in [0.25, 0.3) is 0 Å². The zero-order valence-electron chi connectivity index (χ0n) is 12.0. The van der Waals surface area contributed by atoms with Gasteiger partial charge in [-0.3, -0.25) is 9.59 Å². The second-order valence-corrected chi connectivity index (χ2v) is 5.93. The normalized spacial score (nSPS) is 31.4. The molecule has 0 bridgehead atoms. The Hall–Kier alpha value is -1.18. The lowest BCUT2D eigenvalue weighted by atomic mass is 9.80. The minimum Gasteiger partial charge on any atom is -0.481 e. The molecular formula is C14H23NO6. The molecule has 1 saturated carbocycles. The number of carboxylic acids is 1. The van der Waals surface area contributed by atoms with E-state index in [0.29, 0.717) is 31.6 Å². The second kappa shape index (κ2) is 7.20. The van der Waals surface area contributed by atoms with Crippen LogP contribution in [0.5, 0.6) is 0 Å². The van der Waals surface area contributed by atoms with Gasteiger partial charge in [-0.25, -0.2) is 4.84 Å². The maximum Gasteiger partial charge on any atom is 0.306 e. The van der Waals surface area contributed by atoms with Crippen LogP contribution in [0.1, 0.15) is 51.4 Å². The molecule has 1 aliphatic heterocycles. The van der Waals surface area contributed by atoms with Crippen molar-refractivity contribution in [2.45, 2.75) is 63.9 Å². The smallest absolute Gasteiger partial charge is 0.306 e. The largest absolute Gasteiger partial charge is 0.481 e. The van der Waals surface area contributed by atoms with Crippen molar-refractivity contribution in [3.63, 3.8) is 0 Å². The molecule has 3 N–H and O–H groups in total. The number of aliphatic hydroxyl groups excluding tert-OH is 2. The highest BCUT2D eigenvalue weighted by molar-refractivity contribution is 5.77. The van der Waals surface area contributed by atoms with E-state index in [1.165, 1.54) is 0 Å². The Morgan fingerprint density at radius 1 is 1.29 bits per heavy atom. The first-order valence-corrected chi connectivity index (χ1v) is 7.55. The fraction of sp³-hybridized carbons (Fsp3) is 0.857. The Labute approximate surface area is 123 Å². The maximum absolute atomic E-state index is 11.4. The summed E-state index contributed by atoms with van der Waals surface area (Å²) in [4.78, 5) is 27.3. The quantitative estimate of drug-likeness (QED) is 0.628. The fourth-order valence-electron chi connectivity index (χ4n) is 3.04. The number of carbonyl (C=O) groups excluding carboxylic acids is 1. The van der Waals surface area contributed by atoms with Crippen LogP contribution in [0.15, 0.2) is 0 Å². The first-order valence-electron chi connectivity index (χ1n) is 7.55. The van der Waals surface area contributed by atoms with Gasteiger partial charge >= 0.3 is 5.97 Å². The van der Waals surface area contributed by atoms with Gasteiger partial charge in [-0.1, -0.05) is 0 Å². The van der Waals surface area contributed by atoms with Gasteiger partial charge in [-0.15, -0.1) is 0 Å². The van der Waals surface area contributed by atoms with E-state index in [1.54, 1.807) is 0 Å². The Morgan fingerprint density at radius 3 is 2.48 bits per heavy atom. The van der Waals surface area contributed by atoms with Gasteiger partial charge in [-0.2, -0.15) is 5.06 Å². The molecule has 2 unspecified atom stereocenters. The zero-order chi connectivity index (χ0) is 15.4. The maximum atomic E-state index is 11.4. The van der Waals surface area contributed by atoms with Crippen molar-refractivity contribution in [2.75, 3.05) is 0 Å². The number of hydrogen-bond acceptors (Lipinski definition) is 5. The predicted molar refractivity (Wildman–Crippen MR) is 71.5 cm³/mol. The van der Waals surface area contributed by atoms with E-state index < -0.39 is 18.5 Å². The van der Waals surface area contributed by atoms with Gasteiger partial charge in [0.2, 0.25) is 5.91 Å². The number of hydrogen-bond donors (Lipinski definition) is 3. The van der Waals surface area contributed by atoms with Crippen molar-refractivity contribution in [3.05, 3.63) is 0 Å². The van der Waals surface area contributed by atoms with Crippen molar-refractivity contribution in [1.82, 2.24) is 5.06 Å². The molecule has 7 nitrogen and oxygen atoms in total. The van der Waals surface area contributed by atoms with E-state index in [-0.39, 0.29) is 18.2 Å². The van der Waals surface area contributed by atoms with Gasteiger partial charge in [0.1, 0.15) is 0 Å². The zero-order valence-corrected chi connectivity index (χ0v) is 12.0. The molecular weight excluding hydrogens is 278 g/mol. The lowest BCUT2D eigenvalue weighted by molar-refractivity contribution is -0.288. The summed E-state index contributed by atoms with van der Waals surface area (Å²) < 4.78 is 0. The highest BCUT2D eigenvalue weighted by Crippen LogP contribution is 2.32. The number of aliphatic hydroxyl groups is 2. The minimum absolute atomic E-state index is 0.229. The first kappa shape index (κ1) is 16.2. The molecule has 1 saturated heterocycles. The molecule has 0 aromatic carbocycles. The number of nitrogens with zero attached hydrogens (tertiary/aromatic N) is 1. The third-order valence-electron chi connectivity index (χ3n) is 4.39. The van der Waals surface area contributed by atoms with Crippen molar-refractivity contribution >= 4 is 11.9 Å². The molecule has 2 fully saturated rings. The van der Waals surface area contributed by atoms with E-state index in [4.69, 9.17) is 9.94 Å². The minimum atomic E-state index is -1.11. The number of hydroxylamine groups is 2. The molecule has 7 heteroatoms. The lowest BCUT2D eigenvalue weighted by Gasteiger charge is -2.27. The third kappa shape index (κ3) is 4.39. The summed E-state index contributed by atoms with van der Waals surface area (Å²) in [7, 11) is 0. The fourth-order valence-corrected chi connectivity index (χ4v) is 3.04. The van der Waals surface area contributed by atoms with Crippen molar-refractivity contribution in [1.29, 1.82) is 0 Å². The first-order chi connectivity index (χ1) is 9.97. The summed E-state index contributed by atoms with van der Waals surface area (Å²) in [6.45, 7) is 0. The highest BCUT2D eigenvalue weighted by Gasteiger charge is 2.32.